The van der Waals surface area contributed by atoms with Crippen molar-refractivity contribution in [3.8, 4) is 11.8 Å². The minimum absolute atomic E-state index is 0.0121. The highest BCUT2D eigenvalue weighted by atomic mass is 32.1. The minimum atomic E-state index is -0.714. The third-order valence-corrected chi connectivity index (χ3v) is 7.25. The van der Waals surface area contributed by atoms with Crippen molar-refractivity contribution < 1.29 is 9.59 Å². The average Bonchev–Trinajstić information content (AvgIpc) is 3.32. The van der Waals surface area contributed by atoms with Gasteiger partial charge in [0.15, 0.2) is 10.8 Å². The SMILES string of the molecule is CN1CCN(CC#Cc2ccc(C(=O)Nc3sc(Nc4ccc5ccccc5c4)nc3C(N)=O)cc2)CC1. The van der Waals surface area contributed by atoms with Gasteiger partial charge in [-0.2, -0.15) is 0 Å². The van der Waals surface area contributed by atoms with Crippen LogP contribution in [0.15, 0.2) is 66.7 Å². The fourth-order valence-electron chi connectivity index (χ4n) is 4.16. The predicted molar refractivity (Wildman–Crippen MR) is 153 cm³/mol. The monoisotopic (exact) mass is 524 g/mol. The summed E-state index contributed by atoms with van der Waals surface area (Å²) in [6.07, 6.45) is 0. The minimum Gasteiger partial charge on any atom is -0.364 e. The second-order valence-electron chi connectivity index (χ2n) is 9.16. The maximum Gasteiger partial charge on any atom is 0.270 e. The molecule has 1 aliphatic heterocycles. The van der Waals surface area contributed by atoms with E-state index in [9.17, 15) is 9.59 Å². The van der Waals surface area contributed by atoms with Crippen LogP contribution in [-0.2, 0) is 0 Å². The zero-order valence-corrected chi connectivity index (χ0v) is 21.8. The molecule has 1 fully saturated rings. The molecule has 5 rings (SSSR count). The van der Waals surface area contributed by atoms with E-state index in [1.165, 1.54) is 0 Å². The van der Waals surface area contributed by atoms with E-state index in [4.69, 9.17) is 5.73 Å². The Labute approximate surface area is 225 Å². The Morgan fingerprint density at radius 3 is 2.47 bits per heavy atom. The number of nitrogens with two attached hydrogens (primary N) is 1. The van der Waals surface area contributed by atoms with E-state index in [2.05, 4.69) is 44.3 Å². The molecule has 0 radical (unpaired) electrons. The third-order valence-electron chi connectivity index (χ3n) is 6.37. The van der Waals surface area contributed by atoms with Crippen LogP contribution in [-0.4, -0.2) is 66.4 Å². The highest BCUT2D eigenvalue weighted by Gasteiger charge is 2.19. The van der Waals surface area contributed by atoms with Crippen LogP contribution in [0.2, 0.25) is 0 Å². The molecule has 4 N–H and O–H groups in total. The summed E-state index contributed by atoms with van der Waals surface area (Å²) in [5.74, 6) is 5.32. The van der Waals surface area contributed by atoms with Gasteiger partial charge in [0, 0.05) is 43.0 Å². The molecule has 1 saturated heterocycles. The second-order valence-corrected chi connectivity index (χ2v) is 10.2. The number of anilines is 3. The molecule has 3 aromatic carbocycles. The van der Waals surface area contributed by atoms with E-state index in [1.54, 1.807) is 12.1 Å². The maximum atomic E-state index is 12.9. The van der Waals surface area contributed by atoms with Gasteiger partial charge in [0.25, 0.3) is 11.8 Å². The zero-order valence-electron chi connectivity index (χ0n) is 21.0. The lowest BCUT2D eigenvalue weighted by atomic mass is 10.1. The summed E-state index contributed by atoms with van der Waals surface area (Å²) < 4.78 is 0. The Morgan fingerprint density at radius 1 is 1.00 bits per heavy atom. The Balaban J connectivity index is 1.24. The van der Waals surface area contributed by atoms with Crippen LogP contribution in [0.5, 0.6) is 0 Å². The largest absolute Gasteiger partial charge is 0.364 e. The van der Waals surface area contributed by atoms with Gasteiger partial charge in [-0.1, -0.05) is 53.5 Å². The van der Waals surface area contributed by atoms with Crippen molar-refractivity contribution in [2.75, 3.05) is 50.4 Å². The average molecular weight is 525 g/mol. The van der Waals surface area contributed by atoms with E-state index in [0.717, 1.165) is 66.1 Å². The van der Waals surface area contributed by atoms with Crippen molar-refractivity contribution in [3.63, 3.8) is 0 Å². The summed E-state index contributed by atoms with van der Waals surface area (Å²) in [6, 6.07) is 21.0. The second kappa shape index (κ2) is 11.4. The van der Waals surface area contributed by atoms with Crippen molar-refractivity contribution in [1.29, 1.82) is 0 Å². The number of carbonyl (C=O) groups excluding carboxylic acids is 2. The Kier molecular flexibility index (Phi) is 7.65. The Bertz CT molecular complexity index is 1530. The first-order valence-electron chi connectivity index (χ1n) is 12.3. The number of rotatable bonds is 6. The lowest BCUT2D eigenvalue weighted by Gasteiger charge is -2.30. The number of primary amides is 1. The molecule has 192 valence electrons. The normalized spacial score (nSPS) is 14.0. The van der Waals surface area contributed by atoms with Gasteiger partial charge in [0.1, 0.15) is 5.00 Å². The highest BCUT2D eigenvalue weighted by molar-refractivity contribution is 7.20. The van der Waals surface area contributed by atoms with Crippen LogP contribution in [0.1, 0.15) is 26.4 Å². The lowest BCUT2D eigenvalue weighted by molar-refractivity contribution is 0.0997. The molecule has 9 heteroatoms. The van der Waals surface area contributed by atoms with Gasteiger partial charge in [-0.3, -0.25) is 14.5 Å². The number of aromatic nitrogens is 1. The molecule has 0 unspecified atom stereocenters. The lowest BCUT2D eigenvalue weighted by Crippen LogP contribution is -2.44. The third kappa shape index (κ3) is 6.18. The summed E-state index contributed by atoms with van der Waals surface area (Å²) >= 11 is 1.15. The first kappa shape index (κ1) is 25.4. The van der Waals surface area contributed by atoms with Crippen LogP contribution >= 0.6 is 11.3 Å². The van der Waals surface area contributed by atoms with E-state index in [-0.39, 0.29) is 11.6 Å². The maximum absolute atomic E-state index is 12.9. The van der Waals surface area contributed by atoms with Crippen LogP contribution < -0.4 is 16.4 Å². The standard InChI is InChI=1S/C29H28N6O2S/c1-34-15-17-35(18-16-34)14-4-5-20-8-10-22(11-9-20)27(37)33-28-25(26(30)36)32-29(38-28)31-24-13-12-21-6-2-3-7-23(21)19-24/h2-3,6-13,19H,14-18H2,1H3,(H2,30,36)(H,31,32)(H,33,37). The number of amides is 2. The predicted octanol–water partition coefficient (Wildman–Crippen LogP) is 3.99. The van der Waals surface area contributed by atoms with Gasteiger partial charge >= 0.3 is 0 Å². The number of nitrogens with one attached hydrogen (secondary N) is 2. The van der Waals surface area contributed by atoms with Crippen LogP contribution in [0.4, 0.5) is 15.8 Å². The number of fused-ring (bicyclic) bond motifs is 1. The number of hydrogen-bond acceptors (Lipinski definition) is 7. The summed E-state index contributed by atoms with van der Waals surface area (Å²) in [5.41, 5.74) is 7.66. The molecular formula is C29H28N6O2S. The molecule has 0 atom stereocenters. The molecule has 8 nitrogen and oxygen atoms in total. The van der Waals surface area contributed by atoms with Crippen molar-refractivity contribution >= 4 is 49.7 Å². The molecular weight excluding hydrogens is 496 g/mol. The molecule has 4 aromatic rings. The van der Waals surface area contributed by atoms with Gasteiger partial charge in [-0.25, -0.2) is 4.98 Å². The van der Waals surface area contributed by atoms with Crippen LogP contribution in [0, 0.1) is 11.8 Å². The van der Waals surface area contributed by atoms with Gasteiger partial charge in [0.05, 0.1) is 6.54 Å². The first-order chi connectivity index (χ1) is 18.4. The molecule has 38 heavy (non-hydrogen) atoms. The fourth-order valence-corrected chi connectivity index (χ4v) is 5.04. The van der Waals surface area contributed by atoms with Gasteiger partial charge in [0.2, 0.25) is 0 Å². The summed E-state index contributed by atoms with van der Waals surface area (Å²) in [4.78, 5) is 33.9. The molecule has 0 bridgehead atoms. The van der Waals surface area contributed by atoms with Crippen LogP contribution in [0.25, 0.3) is 10.8 Å². The van der Waals surface area contributed by atoms with Gasteiger partial charge in [-0.05, 0) is 54.2 Å². The van der Waals surface area contributed by atoms with E-state index < -0.39 is 5.91 Å². The van der Waals surface area contributed by atoms with Crippen molar-refractivity contribution in [3.05, 3.63) is 83.6 Å². The summed E-state index contributed by atoms with van der Waals surface area (Å²) in [7, 11) is 2.13. The van der Waals surface area contributed by atoms with Crippen molar-refractivity contribution in [2.24, 2.45) is 5.73 Å². The number of nitrogens with zero attached hydrogens (tertiary/aromatic N) is 3. The topological polar surface area (TPSA) is 104 Å². The summed E-state index contributed by atoms with van der Waals surface area (Å²) in [5, 5.41) is 8.93. The molecule has 2 amide bonds. The molecule has 0 spiro atoms. The number of carbonyl (C=O) groups is 2. The molecule has 2 heterocycles. The fraction of sp³-hybridized carbons (Fsp3) is 0.207. The number of piperazine rings is 1. The molecule has 1 aliphatic rings. The summed E-state index contributed by atoms with van der Waals surface area (Å²) in [6.45, 7) is 4.89. The van der Waals surface area contributed by atoms with E-state index in [0.29, 0.717) is 15.7 Å². The zero-order chi connectivity index (χ0) is 26.5. The Morgan fingerprint density at radius 2 is 1.74 bits per heavy atom. The van der Waals surface area contributed by atoms with Gasteiger partial charge in [-0.15, -0.1) is 0 Å². The molecule has 1 aromatic heterocycles. The smallest absolute Gasteiger partial charge is 0.270 e. The number of benzene rings is 3. The molecule has 0 aliphatic carbocycles. The number of hydrogen-bond donors (Lipinski definition) is 3. The first-order valence-corrected chi connectivity index (χ1v) is 13.1. The van der Waals surface area contributed by atoms with Gasteiger partial charge < -0.3 is 21.3 Å². The number of likely N-dealkylation sites (N-methyl/N-ethyl adjacent to an activating group) is 1. The molecule has 0 saturated carbocycles. The number of thiazole rings is 1. The van der Waals surface area contributed by atoms with E-state index in [1.807, 2.05) is 54.6 Å². The van der Waals surface area contributed by atoms with E-state index >= 15 is 0 Å². The highest BCUT2D eigenvalue weighted by Crippen LogP contribution is 2.31. The van der Waals surface area contributed by atoms with Crippen molar-refractivity contribution in [2.45, 2.75) is 0 Å². The quantitative estimate of drug-likeness (QED) is 0.330. The van der Waals surface area contributed by atoms with Crippen LogP contribution in [0.3, 0.4) is 0 Å². The van der Waals surface area contributed by atoms with Crippen molar-refractivity contribution in [1.82, 2.24) is 14.8 Å². The Hall–Kier alpha value is -4.23.